The lowest BCUT2D eigenvalue weighted by atomic mass is 10.2. The summed E-state index contributed by atoms with van der Waals surface area (Å²) in [5.74, 6) is -1.00. The maximum absolute atomic E-state index is 10.4. The van der Waals surface area contributed by atoms with Gasteiger partial charge in [0, 0.05) is 0 Å². The molecule has 0 bridgehead atoms. The highest BCUT2D eigenvalue weighted by Gasteiger charge is 2.03. The SMILES string of the molecule is Cl.Nc1ccc(C(=O)O)cc1N. The van der Waals surface area contributed by atoms with Gasteiger partial charge in [-0.15, -0.1) is 12.4 Å². The minimum absolute atomic E-state index is 0. The van der Waals surface area contributed by atoms with E-state index in [2.05, 4.69) is 0 Å². The van der Waals surface area contributed by atoms with Crippen LogP contribution >= 0.6 is 12.4 Å². The van der Waals surface area contributed by atoms with Crippen LogP contribution in [0.5, 0.6) is 0 Å². The molecule has 0 saturated heterocycles. The van der Waals surface area contributed by atoms with E-state index in [4.69, 9.17) is 16.6 Å². The van der Waals surface area contributed by atoms with Crippen LogP contribution < -0.4 is 11.5 Å². The van der Waals surface area contributed by atoms with Crippen LogP contribution in [0.1, 0.15) is 10.4 Å². The zero-order chi connectivity index (χ0) is 8.43. The number of carboxylic acids is 1. The highest BCUT2D eigenvalue weighted by molar-refractivity contribution is 5.90. The van der Waals surface area contributed by atoms with E-state index in [1.807, 2.05) is 0 Å². The number of benzene rings is 1. The Hall–Kier alpha value is -1.42. The second-order valence-electron chi connectivity index (χ2n) is 2.15. The van der Waals surface area contributed by atoms with Crippen molar-refractivity contribution in [3.8, 4) is 0 Å². The van der Waals surface area contributed by atoms with Gasteiger partial charge in [-0.1, -0.05) is 0 Å². The van der Waals surface area contributed by atoms with E-state index in [9.17, 15) is 4.79 Å². The number of nitrogen functional groups attached to an aromatic ring is 2. The minimum Gasteiger partial charge on any atom is -0.478 e. The van der Waals surface area contributed by atoms with Gasteiger partial charge >= 0.3 is 5.97 Å². The summed E-state index contributed by atoms with van der Waals surface area (Å²) in [6, 6.07) is 4.21. The molecule has 0 spiro atoms. The summed E-state index contributed by atoms with van der Waals surface area (Å²) in [5.41, 5.74) is 11.6. The molecular formula is C7H9ClN2O2. The summed E-state index contributed by atoms with van der Waals surface area (Å²) in [6.07, 6.45) is 0. The van der Waals surface area contributed by atoms with Crippen LogP contribution in [0.4, 0.5) is 11.4 Å². The van der Waals surface area contributed by atoms with Crippen molar-refractivity contribution in [2.45, 2.75) is 0 Å². The summed E-state index contributed by atoms with van der Waals surface area (Å²) in [4.78, 5) is 10.4. The van der Waals surface area contributed by atoms with E-state index in [1.165, 1.54) is 18.2 Å². The van der Waals surface area contributed by atoms with E-state index in [-0.39, 0.29) is 18.0 Å². The van der Waals surface area contributed by atoms with E-state index in [0.717, 1.165) is 0 Å². The molecule has 0 aliphatic heterocycles. The van der Waals surface area contributed by atoms with E-state index >= 15 is 0 Å². The Kier molecular flexibility index (Phi) is 3.37. The van der Waals surface area contributed by atoms with Gasteiger partial charge in [0.15, 0.2) is 0 Å². The van der Waals surface area contributed by atoms with Crippen LogP contribution in [0.25, 0.3) is 0 Å². The lowest BCUT2D eigenvalue weighted by molar-refractivity contribution is 0.0697. The second-order valence-corrected chi connectivity index (χ2v) is 2.15. The molecule has 1 aromatic rings. The summed E-state index contributed by atoms with van der Waals surface area (Å²) in [7, 11) is 0. The quantitative estimate of drug-likeness (QED) is 0.573. The molecule has 0 fully saturated rings. The topological polar surface area (TPSA) is 89.3 Å². The second kappa shape index (κ2) is 3.82. The molecule has 5 N–H and O–H groups in total. The molecule has 0 amide bonds. The zero-order valence-electron chi connectivity index (χ0n) is 6.15. The maximum Gasteiger partial charge on any atom is 0.335 e. The summed E-state index contributed by atoms with van der Waals surface area (Å²) in [5, 5.41) is 8.50. The molecule has 5 heteroatoms. The number of halogens is 1. The van der Waals surface area contributed by atoms with E-state index < -0.39 is 5.97 Å². The largest absolute Gasteiger partial charge is 0.478 e. The molecule has 0 aromatic heterocycles. The number of carbonyl (C=O) groups is 1. The van der Waals surface area contributed by atoms with Gasteiger partial charge in [-0.2, -0.15) is 0 Å². The van der Waals surface area contributed by atoms with Gasteiger partial charge in [0.1, 0.15) is 0 Å². The van der Waals surface area contributed by atoms with Gasteiger partial charge in [0.2, 0.25) is 0 Å². The first-order valence-corrected chi connectivity index (χ1v) is 2.99. The first-order chi connectivity index (χ1) is 5.11. The molecule has 0 aliphatic rings. The van der Waals surface area contributed by atoms with Gasteiger partial charge in [-0.25, -0.2) is 4.79 Å². The average molecular weight is 189 g/mol. The van der Waals surface area contributed by atoms with Crippen molar-refractivity contribution in [2.24, 2.45) is 0 Å². The number of nitrogens with two attached hydrogens (primary N) is 2. The molecule has 0 saturated carbocycles. The van der Waals surface area contributed by atoms with Gasteiger partial charge in [0.05, 0.1) is 16.9 Å². The summed E-state index contributed by atoms with van der Waals surface area (Å²) in [6.45, 7) is 0. The molecular weight excluding hydrogens is 180 g/mol. The number of hydrogen-bond acceptors (Lipinski definition) is 3. The monoisotopic (exact) mass is 188 g/mol. The fourth-order valence-corrected chi connectivity index (χ4v) is 0.708. The van der Waals surface area contributed by atoms with Crippen molar-refractivity contribution in [2.75, 3.05) is 11.5 Å². The Labute approximate surface area is 75.6 Å². The van der Waals surface area contributed by atoms with E-state index in [0.29, 0.717) is 11.4 Å². The fourth-order valence-electron chi connectivity index (χ4n) is 0.708. The summed E-state index contributed by atoms with van der Waals surface area (Å²) < 4.78 is 0. The molecule has 1 aromatic carbocycles. The van der Waals surface area contributed by atoms with Crippen LogP contribution in [0.2, 0.25) is 0 Å². The van der Waals surface area contributed by atoms with Crippen molar-refractivity contribution in [1.29, 1.82) is 0 Å². The van der Waals surface area contributed by atoms with Crippen molar-refractivity contribution < 1.29 is 9.90 Å². The predicted molar refractivity (Wildman–Crippen MR) is 49.5 cm³/mol. The molecule has 0 unspecified atom stereocenters. The minimum atomic E-state index is -1.00. The third-order valence-corrected chi connectivity index (χ3v) is 1.33. The van der Waals surface area contributed by atoms with Crippen LogP contribution in [0, 0.1) is 0 Å². The lowest BCUT2D eigenvalue weighted by Gasteiger charge is -1.99. The number of carboxylic acid groups (broad SMARTS) is 1. The van der Waals surface area contributed by atoms with Crippen molar-refractivity contribution in [3.05, 3.63) is 23.8 Å². The van der Waals surface area contributed by atoms with Crippen LogP contribution in [-0.4, -0.2) is 11.1 Å². The molecule has 0 aliphatic carbocycles. The van der Waals surface area contributed by atoms with Gasteiger partial charge in [-0.05, 0) is 18.2 Å². The third kappa shape index (κ3) is 2.03. The first kappa shape index (κ1) is 10.6. The van der Waals surface area contributed by atoms with E-state index in [1.54, 1.807) is 0 Å². The first-order valence-electron chi connectivity index (χ1n) is 2.99. The Morgan fingerprint density at radius 2 is 1.83 bits per heavy atom. The molecule has 4 nitrogen and oxygen atoms in total. The molecule has 1 rings (SSSR count). The fraction of sp³-hybridized carbons (Fsp3) is 0. The predicted octanol–water partition coefficient (Wildman–Crippen LogP) is 0.971. The molecule has 0 heterocycles. The van der Waals surface area contributed by atoms with Crippen molar-refractivity contribution >= 4 is 29.8 Å². The molecule has 12 heavy (non-hydrogen) atoms. The number of rotatable bonds is 1. The smallest absolute Gasteiger partial charge is 0.335 e. The Bertz CT molecular complexity index is 301. The lowest BCUT2D eigenvalue weighted by Crippen LogP contribution is -2.00. The number of aromatic carboxylic acids is 1. The summed E-state index contributed by atoms with van der Waals surface area (Å²) >= 11 is 0. The van der Waals surface area contributed by atoms with Crippen molar-refractivity contribution in [1.82, 2.24) is 0 Å². The van der Waals surface area contributed by atoms with Gasteiger partial charge < -0.3 is 16.6 Å². The Balaban J connectivity index is 0.00000121. The molecule has 0 atom stereocenters. The zero-order valence-corrected chi connectivity index (χ0v) is 6.97. The molecule has 66 valence electrons. The highest BCUT2D eigenvalue weighted by atomic mass is 35.5. The highest BCUT2D eigenvalue weighted by Crippen LogP contribution is 2.15. The normalized spacial score (nSPS) is 8.67. The Morgan fingerprint density at radius 3 is 2.25 bits per heavy atom. The third-order valence-electron chi connectivity index (χ3n) is 1.33. The van der Waals surface area contributed by atoms with Crippen molar-refractivity contribution in [3.63, 3.8) is 0 Å². The van der Waals surface area contributed by atoms with Crippen LogP contribution in [-0.2, 0) is 0 Å². The average Bonchev–Trinajstić information content (AvgIpc) is 1.94. The van der Waals surface area contributed by atoms with Crippen LogP contribution in [0.15, 0.2) is 18.2 Å². The van der Waals surface area contributed by atoms with Gasteiger partial charge in [0.25, 0.3) is 0 Å². The van der Waals surface area contributed by atoms with Gasteiger partial charge in [-0.3, -0.25) is 0 Å². The maximum atomic E-state index is 10.4. The number of anilines is 2. The van der Waals surface area contributed by atoms with Crippen LogP contribution in [0.3, 0.4) is 0 Å². The standard InChI is InChI=1S/C7H8N2O2.ClH/c8-5-2-1-4(7(10)11)3-6(5)9;/h1-3H,8-9H2,(H,10,11);1H. The molecule has 0 radical (unpaired) electrons. The Morgan fingerprint density at radius 1 is 1.25 bits per heavy atom. The number of hydrogen-bond donors (Lipinski definition) is 3.